The molecule has 0 fully saturated rings. The van der Waals surface area contributed by atoms with Crippen LogP contribution in [-0.4, -0.2) is 0 Å². The zero-order valence-corrected chi connectivity index (χ0v) is 8.63. The summed E-state index contributed by atoms with van der Waals surface area (Å²) in [6.07, 6.45) is 0. The summed E-state index contributed by atoms with van der Waals surface area (Å²) < 4.78 is 13.2. The van der Waals surface area contributed by atoms with E-state index in [0.29, 0.717) is 0 Å². The number of halogens is 4. The molecule has 0 saturated heterocycles. The van der Waals surface area contributed by atoms with Gasteiger partial charge in [-0.2, -0.15) is 5.26 Å². The fraction of sp³-hybridized carbons (Fsp3) is 0. The van der Waals surface area contributed by atoms with Crippen molar-refractivity contribution >= 4 is 39.1 Å². The fourth-order valence-electron chi connectivity index (χ4n) is 0.671. The minimum Gasteiger partial charge on any atom is -0.204 e. The van der Waals surface area contributed by atoms with E-state index >= 15 is 0 Å². The van der Waals surface area contributed by atoms with Crippen LogP contribution in [0.15, 0.2) is 10.5 Å². The summed E-state index contributed by atoms with van der Waals surface area (Å²) in [5.41, 5.74) is -0.174. The zero-order valence-electron chi connectivity index (χ0n) is 5.54. The summed E-state index contributed by atoms with van der Waals surface area (Å²) in [4.78, 5) is 0. The van der Waals surface area contributed by atoms with Crippen LogP contribution in [0.1, 0.15) is 5.56 Å². The highest BCUT2D eigenvalue weighted by Gasteiger charge is 2.13. The maximum atomic E-state index is 13.0. The van der Waals surface area contributed by atoms with E-state index in [9.17, 15) is 4.39 Å². The molecule has 0 radical (unpaired) electrons. The molecule has 0 amide bonds. The van der Waals surface area contributed by atoms with Crippen molar-refractivity contribution in [3.8, 4) is 6.07 Å². The van der Waals surface area contributed by atoms with E-state index in [1.165, 1.54) is 6.07 Å². The van der Waals surface area contributed by atoms with Crippen molar-refractivity contribution in [2.45, 2.75) is 0 Å². The van der Waals surface area contributed by atoms with Gasteiger partial charge in [-0.05, 0) is 22.0 Å². The lowest BCUT2D eigenvalue weighted by molar-refractivity contribution is 0.623. The van der Waals surface area contributed by atoms with Gasteiger partial charge in [-0.25, -0.2) is 4.39 Å². The van der Waals surface area contributed by atoms with Crippen molar-refractivity contribution in [3.63, 3.8) is 0 Å². The molecule has 0 spiro atoms. The summed E-state index contributed by atoms with van der Waals surface area (Å²) in [7, 11) is 0. The van der Waals surface area contributed by atoms with E-state index in [0.717, 1.165) is 0 Å². The van der Waals surface area contributed by atoms with Crippen molar-refractivity contribution in [2.75, 3.05) is 0 Å². The number of nitriles is 1. The molecule has 0 heterocycles. The van der Waals surface area contributed by atoms with Gasteiger partial charge < -0.3 is 0 Å². The van der Waals surface area contributed by atoms with E-state index in [4.69, 9.17) is 28.5 Å². The summed E-state index contributed by atoms with van der Waals surface area (Å²) in [6, 6.07) is 2.89. The molecule has 1 nitrogen and oxygen atoms in total. The molecule has 1 aromatic rings. The Morgan fingerprint density at radius 2 is 2.00 bits per heavy atom. The first-order valence-electron chi connectivity index (χ1n) is 2.81. The lowest BCUT2D eigenvalue weighted by atomic mass is 10.2. The van der Waals surface area contributed by atoms with Crippen LogP contribution < -0.4 is 0 Å². The summed E-state index contributed by atoms with van der Waals surface area (Å²) in [6.45, 7) is 0. The van der Waals surface area contributed by atoms with Crippen molar-refractivity contribution in [1.29, 1.82) is 5.26 Å². The lowest BCUT2D eigenvalue weighted by Crippen LogP contribution is -1.87. The topological polar surface area (TPSA) is 23.8 Å². The Hall–Kier alpha value is -0.300. The van der Waals surface area contributed by atoms with E-state index in [1.807, 2.05) is 0 Å². The number of benzene rings is 1. The van der Waals surface area contributed by atoms with Crippen LogP contribution in [0.4, 0.5) is 4.39 Å². The van der Waals surface area contributed by atoms with Gasteiger partial charge in [0.05, 0.1) is 14.5 Å². The van der Waals surface area contributed by atoms with Crippen LogP contribution in [0.2, 0.25) is 10.0 Å². The number of hydrogen-bond donors (Lipinski definition) is 0. The molecule has 0 saturated carbocycles. The molecule has 12 heavy (non-hydrogen) atoms. The van der Waals surface area contributed by atoms with Crippen LogP contribution >= 0.6 is 39.1 Å². The van der Waals surface area contributed by atoms with E-state index in [-0.39, 0.29) is 20.1 Å². The van der Waals surface area contributed by atoms with Crippen molar-refractivity contribution < 1.29 is 4.39 Å². The Labute approximate surface area is 86.8 Å². The first kappa shape index (κ1) is 9.79. The monoisotopic (exact) mass is 267 g/mol. The SMILES string of the molecule is N#Cc1c(F)c(Cl)cc(Cl)c1Br. The largest absolute Gasteiger partial charge is 0.204 e. The molecule has 1 rings (SSSR count). The number of rotatable bonds is 0. The van der Waals surface area contributed by atoms with E-state index in [1.54, 1.807) is 6.07 Å². The molecule has 0 aliphatic heterocycles. The quantitative estimate of drug-likeness (QED) is 0.657. The summed E-state index contributed by atoms with van der Waals surface area (Å²) in [5, 5.41) is 8.58. The highest BCUT2D eigenvalue weighted by Crippen LogP contribution is 2.32. The molecule has 0 unspecified atom stereocenters. The van der Waals surface area contributed by atoms with Gasteiger partial charge in [0.15, 0.2) is 5.82 Å². The van der Waals surface area contributed by atoms with Crippen molar-refractivity contribution in [2.24, 2.45) is 0 Å². The van der Waals surface area contributed by atoms with E-state index in [2.05, 4.69) is 15.9 Å². The van der Waals surface area contributed by atoms with Crippen LogP contribution in [0.25, 0.3) is 0 Å². The second kappa shape index (κ2) is 3.61. The predicted molar refractivity (Wildman–Crippen MR) is 48.8 cm³/mol. The molecule has 0 atom stereocenters. The van der Waals surface area contributed by atoms with Crippen LogP contribution in [0, 0.1) is 17.1 Å². The maximum absolute atomic E-state index is 13.0. The smallest absolute Gasteiger partial charge is 0.160 e. The van der Waals surface area contributed by atoms with Crippen molar-refractivity contribution in [3.05, 3.63) is 32.0 Å². The molecule has 0 aliphatic carbocycles. The third-order valence-corrected chi connectivity index (χ3v) is 2.85. The average molecular weight is 269 g/mol. The average Bonchev–Trinajstić information content (AvgIpc) is 2.02. The van der Waals surface area contributed by atoms with Crippen LogP contribution in [0.3, 0.4) is 0 Å². The first-order valence-corrected chi connectivity index (χ1v) is 4.36. The van der Waals surface area contributed by atoms with Gasteiger partial charge in [0.2, 0.25) is 0 Å². The molecule has 0 aromatic heterocycles. The van der Waals surface area contributed by atoms with Gasteiger partial charge in [0, 0.05) is 0 Å². The molecule has 0 bridgehead atoms. The molecule has 5 heteroatoms. The Morgan fingerprint density at radius 1 is 1.42 bits per heavy atom. The minimum absolute atomic E-state index is 0.153. The summed E-state index contributed by atoms with van der Waals surface area (Å²) in [5.74, 6) is -0.754. The van der Waals surface area contributed by atoms with Gasteiger partial charge in [-0.3, -0.25) is 0 Å². The molecule has 1 aromatic carbocycles. The highest BCUT2D eigenvalue weighted by atomic mass is 79.9. The third-order valence-electron chi connectivity index (χ3n) is 1.22. The maximum Gasteiger partial charge on any atom is 0.160 e. The zero-order chi connectivity index (χ0) is 9.30. The van der Waals surface area contributed by atoms with Gasteiger partial charge in [0.25, 0.3) is 0 Å². The van der Waals surface area contributed by atoms with Gasteiger partial charge in [0.1, 0.15) is 11.6 Å². The normalized spacial score (nSPS) is 9.58. The second-order valence-electron chi connectivity index (χ2n) is 1.95. The lowest BCUT2D eigenvalue weighted by Gasteiger charge is -2.01. The Bertz CT molecular complexity index is 346. The Balaban J connectivity index is 3.56. The van der Waals surface area contributed by atoms with Gasteiger partial charge in [-0.1, -0.05) is 23.2 Å². The predicted octanol–water partition coefficient (Wildman–Crippen LogP) is 3.77. The summed E-state index contributed by atoms with van der Waals surface area (Å²) >= 11 is 14.0. The fourth-order valence-corrected chi connectivity index (χ4v) is 1.51. The first-order chi connectivity index (χ1) is 5.57. The Morgan fingerprint density at radius 3 is 2.50 bits per heavy atom. The second-order valence-corrected chi connectivity index (χ2v) is 3.56. The van der Waals surface area contributed by atoms with Gasteiger partial charge in [-0.15, -0.1) is 0 Å². The molecular formula is C7HBrCl2FN. The Kier molecular flexibility index (Phi) is 2.94. The molecule has 0 aliphatic rings. The van der Waals surface area contributed by atoms with Crippen LogP contribution in [0.5, 0.6) is 0 Å². The number of hydrogen-bond acceptors (Lipinski definition) is 1. The van der Waals surface area contributed by atoms with Crippen molar-refractivity contribution in [1.82, 2.24) is 0 Å². The third kappa shape index (κ3) is 1.56. The molecule has 0 N–H and O–H groups in total. The molecule has 62 valence electrons. The molecular weight excluding hydrogens is 268 g/mol. The number of nitrogens with zero attached hydrogens (tertiary/aromatic N) is 1. The van der Waals surface area contributed by atoms with Crippen LogP contribution in [-0.2, 0) is 0 Å². The van der Waals surface area contributed by atoms with E-state index < -0.39 is 5.82 Å². The highest BCUT2D eigenvalue weighted by molar-refractivity contribution is 9.10. The standard InChI is InChI=1S/C7HBrCl2FN/c8-6-3(2-12)7(11)5(10)1-4(6)9/h1H. The van der Waals surface area contributed by atoms with Gasteiger partial charge >= 0.3 is 0 Å². The minimum atomic E-state index is -0.754.